The summed E-state index contributed by atoms with van der Waals surface area (Å²) < 4.78 is 0. The molecule has 2 amide bonds. The summed E-state index contributed by atoms with van der Waals surface area (Å²) in [5.74, 6) is -0.729. The van der Waals surface area contributed by atoms with Crippen LogP contribution in [0.4, 0.5) is 11.4 Å². The van der Waals surface area contributed by atoms with Gasteiger partial charge in [-0.05, 0) is 35.4 Å². The first-order valence-corrected chi connectivity index (χ1v) is 7.47. The van der Waals surface area contributed by atoms with E-state index < -0.39 is 0 Å². The van der Waals surface area contributed by atoms with Gasteiger partial charge in [0.05, 0.1) is 0 Å². The Labute approximate surface area is 140 Å². The van der Waals surface area contributed by atoms with Gasteiger partial charge in [-0.15, -0.1) is 0 Å². The molecule has 6 N–H and O–H groups in total. The molecule has 0 radical (unpaired) electrons. The number of amides is 2. The highest BCUT2D eigenvalue weighted by atomic mass is 16.2. The van der Waals surface area contributed by atoms with E-state index in [1.165, 1.54) is 12.2 Å². The van der Waals surface area contributed by atoms with Crippen LogP contribution in [0.3, 0.4) is 0 Å². The first-order valence-electron chi connectivity index (χ1n) is 7.47. The highest BCUT2D eigenvalue weighted by Gasteiger charge is 2.01. The van der Waals surface area contributed by atoms with Gasteiger partial charge in [-0.2, -0.15) is 0 Å². The second-order valence-electron chi connectivity index (χ2n) is 5.18. The number of carbonyl (C=O) groups is 2. The van der Waals surface area contributed by atoms with Crippen LogP contribution in [0, 0.1) is 0 Å². The van der Waals surface area contributed by atoms with Crippen LogP contribution >= 0.6 is 0 Å². The summed E-state index contributed by atoms with van der Waals surface area (Å²) in [7, 11) is 0. The standard InChI is InChI=1S/C18H20N4O2/c19-11-13-1-3-14(4-2-13)12-21-17(23)9-10-18(24)22-16-7-5-15(20)6-8-16/h1-10H,11-12,19-20H2,(H,21,23)(H,22,24)/b10-9-. The van der Waals surface area contributed by atoms with E-state index in [1.54, 1.807) is 24.3 Å². The number of nitrogen functional groups attached to an aromatic ring is 1. The summed E-state index contributed by atoms with van der Waals surface area (Å²) in [6.45, 7) is 0.867. The van der Waals surface area contributed by atoms with Gasteiger partial charge in [0.2, 0.25) is 11.8 Å². The van der Waals surface area contributed by atoms with Gasteiger partial charge < -0.3 is 22.1 Å². The average molecular weight is 324 g/mol. The summed E-state index contributed by atoms with van der Waals surface area (Å²) in [6.07, 6.45) is 2.38. The van der Waals surface area contributed by atoms with Crippen molar-refractivity contribution in [3.63, 3.8) is 0 Å². The molecule has 2 rings (SSSR count). The van der Waals surface area contributed by atoms with Crippen molar-refractivity contribution in [2.45, 2.75) is 13.1 Å². The topological polar surface area (TPSA) is 110 Å². The monoisotopic (exact) mass is 324 g/mol. The van der Waals surface area contributed by atoms with Crippen molar-refractivity contribution >= 4 is 23.2 Å². The second kappa shape index (κ2) is 8.50. The molecule has 0 bridgehead atoms. The van der Waals surface area contributed by atoms with Crippen LogP contribution in [0.25, 0.3) is 0 Å². The minimum Gasteiger partial charge on any atom is -0.399 e. The Balaban J connectivity index is 1.78. The van der Waals surface area contributed by atoms with Crippen LogP contribution in [-0.2, 0) is 22.7 Å². The van der Waals surface area contributed by atoms with E-state index in [1.807, 2.05) is 24.3 Å². The van der Waals surface area contributed by atoms with Crippen LogP contribution in [0.2, 0.25) is 0 Å². The maximum Gasteiger partial charge on any atom is 0.248 e. The summed E-state index contributed by atoms with van der Waals surface area (Å²) in [5, 5.41) is 5.35. The molecule has 0 aromatic heterocycles. The zero-order valence-electron chi connectivity index (χ0n) is 13.2. The van der Waals surface area contributed by atoms with Crippen molar-refractivity contribution in [1.29, 1.82) is 0 Å². The molecular formula is C18H20N4O2. The number of nitrogens with one attached hydrogen (secondary N) is 2. The molecular weight excluding hydrogens is 304 g/mol. The van der Waals surface area contributed by atoms with E-state index in [9.17, 15) is 9.59 Å². The maximum absolute atomic E-state index is 11.7. The van der Waals surface area contributed by atoms with E-state index in [4.69, 9.17) is 11.5 Å². The smallest absolute Gasteiger partial charge is 0.248 e. The Bertz CT molecular complexity index is 722. The van der Waals surface area contributed by atoms with E-state index >= 15 is 0 Å². The van der Waals surface area contributed by atoms with Crippen LogP contribution in [0.5, 0.6) is 0 Å². The number of benzene rings is 2. The van der Waals surface area contributed by atoms with Gasteiger partial charge in [-0.1, -0.05) is 24.3 Å². The molecule has 2 aromatic rings. The molecule has 0 atom stereocenters. The highest BCUT2D eigenvalue weighted by Crippen LogP contribution is 2.10. The van der Waals surface area contributed by atoms with Crippen molar-refractivity contribution in [2.75, 3.05) is 11.1 Å². The van der Waals surface area contributed by atoms with Crippen LogP contribution < -0.4 is 22.1 Å². The Morgan fingerprint density at radius 2 is 1.46 bits per heavy atom. The predicted molar refractivity (Wildman–Crippen MR) is 94.8 cm³/mol. The molecule has 0 aliphatic carbocycles. The summed E-state index contributed by atoms with van der Waals surface area (Å²) in [5.41, 5.74) is 14.3. The Morgan fingerprint density at radius 3 is 2.08 bits per heavy atom. The van der Waals surface area contributed by atoms with Crippen molar-refractivity contribution in [3.8, 4) is 0 Å². The predicted octanol–water partition coefficient (Wildman–Crippen LogP) is 1.54. The maximum atomic E-state index is 11.7. The molecule has 0 spiro atoms. The number of nitrogens with two attached hydrogens (primary N) is 2. The second-order valence-corrected chi connectivity index (χ2v) is 5.18. The molecule has 124 valence electrons. The lowest BCUT2D eigenvalue weighted by Gasteiger charge is -2.04. The van der Waals surface area contributed by atoms with Gasteiger partial charge >= 0.3 is 0 Å². The van der Waals surface area contributed by atoms with Crippen molar-refractivity contribution < 1.29 is 9.59 Å². The molecule has 6 heteroatoms. The van der Waals surface area contributed by atoms with Gasteiger partial charge in [-0.3, -0.25) is 9.59 Å². The number of rotatable bonds is 6. The lowest BCUT2D eigenvalue weighted by Crippen LogP contribution is -2.21. The molecule has 0 fully saturated rings. The third-order valence-electron chi connectivity index (χ3n) is 3.29. The minimum atomic E-state index is -0.387. The normalized spacial score (nSPS) is 10.5. The van der Waals surface area contributed by atoms with E-state index in [2.05, 4.69) is 10.6 Å². The van der Waals surface area contributed by atoms with Gasteiger partial charge in [0.1, 0.15) is 0 Å². The zero-order chi connectivity index (χ0) is 17.4. The SMILES string of the molecule is NCc1ccc(CNC(=O)/C=C\C(=O)Nc2ccc(N)cc2)cc1. The summed E-state index contributed by atoms with van der Waals surface area (Å²) in [6, 6.07) is 14.4. The Hall–Kier alpha value is -3.12. The minimum absolute atomic E-state index is 0.342. The fourth-order valence-corrected chi connectivity index (χ4v) is 1.94. The quantitative estimate of drug-likeness (QED) is 0.477. The lowest BCUT2D eigenvalue weighted by molar-refractivity contribution is -0.117. The first kappa shape index (κ1) is 17.2. The molecule has 0 heterocycles. The molecule has 0 unspecified atom stereocenters. The Kier molecular flexibility index (Phi) is 6.10. The van der Waals surface area contributed by atoms with Gasteiger partial charge in [-0.25, -0.2) is 0 Å². The first-order chi connectivity index (χ1) is 11.6. The van der Waals surface area contributed by atoms with Gasteiger partial charge in [0.15, 0.2) is 0 Å². The molecule has 0 saturated carbocycles. The van der Waals surface area contributed by atoms with E-state index in [-0.39, 0.29) is 11.8 Å². The largest absolute Gasteiger partial charge is 0.399 e. The lowest BCUT2D eigenvalue weighted by atomic mass is 10.1. The van der Waals surface area contributed by atoms with Gasteiger partial charge in [0.25, 0.3) is 0 Å². The van der Waals surface area contributed by atoms with Crippen LogP contribution in [0.15, 0.2) is 60.7 Å². The third kappa shape index (κ3) is 5.58. The van der Waals surface area contributed by atoms with Crippen LogP contribution in [0.1, 0.15) is 11.1 Å². The van der Waals surface area contributed by atoms with Crippen LogP contribution in [-0.4, -0.2) is 11.8 Å². The molecule has 6 nitrogen and oxygen atoms in total. The van der Waals surface area contributed by atoms with Crippen molar-refractivity contribution in [1.82, 2.24) is 5.32 Å². The number of hydrogen-bond donors (Lipinski definition) is 4. The average Bonchev–Trinajstić information content (AvgIpc) is 2.60. The third-order valence-corrected chi connectivity index (χ3v) is 3.29. The highest BCUT2D eigenvalue weighted by molar-refractivity contribution is 6.03. The number of carbonyl (C=O) groups excluding carboxylic acids is 2. The molecule has 24 heavy (non-hydrogen) atoms. The van der Waals surface area contributed by atoms with Crippen molar-refractivity contribution in [3.05, 3.63) is 71.8 Å². The number of anilines is 2. The molecule has 0 saturated heterocycles. The van der Waals surface area contributed by atoms with Crippen molar-refractivity contribution in [2.24, 2.45) is 5.73 Å². The summed E-state index contributed by atoms with van der Waals surface area (Å²) in [4.78, 5) is 23.5. The molecule has 0 aliphatic rings. The zero-order valence-corrected chi connectivity index (χ0v) is 13.2. The van der Waals surface area contributed by atoms with E-state index in [0.717, 1.165) is 11.1 Å². The Morgan fingerprint density at radius 1 is 0.875 bits per heavy atom. The fraction of sp³-hybridized carbons (Fsp3) is 0.111. The van der Waals surface area contributed by atoms with E-state index in [0.29, 0.717) is 24.5 Å². The summed E-state index contributed by atoms with van der Waals surface area (Å²) >= 11 is 0. The fourth-order valence-electron chi connectivity index (χ4n) is 1.94. The van der Waals surface area contributed by atoms with Gasteiger partial charge in [0, 0.05) is 36.6 Å². The number of hydrogen-bond acceptors (Lipinski definition) is 4. The molecule has 2 aromatic carbocycles. The molecule has 0 aliphatic heterocycles.